The predicted molar refractivity (Wildman–Crippen MR) is 222 cm³/mol. The minimum Gasteiger partial charge on any atom is -0.334 e. The van der Waals surface area contributed by atoms with Crippen molar-refractivity contribution in [2.24, 2.45) is 5.92 Å². The Morgan fingerprint density at radius 1 is 0.596 bits per heavy atom. The van der Waals surface area contributed by atoms with Crippen LogP contribution in [0, 0.1) is 5.92 Å². The van der Waals surface area contributed by atoms with Crippen LogP contribution in [-0.4, -0.2) is 10.6 Å². The van der Waals surface area contributed by atoms with Gasteiger partial charge in [-0.15, -0.1) is 0 Å². The van der Waals surface area contributed by atoms with Gasteiger partial charge in [0, 0.05) is 33.2 Å². The fourth-order valence-electron chi connectivity index (χ4n) is 8.14. The first-order valence-corrected chi connectivity index (χ1v) is 18.4. The second kappa shape index (κ2) is 13.2. The van der Waals surface area contributed by atoms with Gasteiger partial charge in [-0.05, 0) is 88.7 Å². The molecular weight excluding hydrogens is 629 g/mol. The van der Waals surface area contributed by atoms with Gasteiger partial charge in [-0.3, -0.25) is 0 Å². The van der Waals surface area contributed by atoms with E-state index >= 15 is 0 Å². The Morgan fingerprint density at radius 3 is 1.98 bits per heavy atom. The molecule has 0 saturated heterocycles. The van der Waals surface area contributed by atoms with E-state index < -0.39 is 0 Å². The molecule has 3 atom stereocenters. The summed E-state index contributed by atoms with van der Waals surface area (Å²) in [5.74, 6) is 0.370. The Morgan fingerprint density at radius 2 is 1.27 bits per heavy atom. The van der Waals surface area contributed by atoms with Crippen molar-refractivity contribution < 1.29 is 0 Å². The monoisotopic (exact) mass is 670 g/mol. The summed E-state index contributed by atoms with van der Waals surface area (Å²) in [7, 11) is 0. The zero-order chi connectivity index (χ0) is 35.1. The van der Waals surface area contributed by atoms with Crippen LogP contribution in [0.2, 0.25) is 0 Å². The summed E-state index contributed by atoms with van der Waals surface area (Å²) in [6, 6.07) is 55.7. The summed E-state index contributed by atoms with van der Waals surface area (Å²) < 4.78 is 2.43. The molecule has 0 bridgehead atoms. The van der Waals surface area contributed by atoms with Gasteiger partial charge in [0.25, 0.3) is 0 Å². The number of rotatable bonds is 7. The zero-order valence-electron chi connectivity index (χ0n) is 29.7. The predicted octanol–water partition coefficient (Wildman–Crippen LogP) is 13.0. The Labute approximate surface area is 307 Å². The number of nitrogens with zero attached hydrogens (tertiary/aromatic N) is 2. The Bertz CT molecular complexity index is 2500. The average Bonchev–Trinajstić information content (AvgIpc) is 3.53. The van der Waals surface area contributed by atoms with E-state index in [2.05, 4.69) is 218 Å². The van der Waals surface area contributed by atoms with Crippen LogP contribution in [0.3, 0.4) is 0 Å². The topological polar surface area (TPSA) is 8.17 Å². The van der Waals surface area contributed by atoms with Gasteiger partial charge in [0.2, 0.25) is 0 Å². The standard InChI is InChI=1S/C50H42N2/c1-36-14-12-13-21-47(36)51(42-17-8-4-9-18-42)44-27-28-45-46-34-40(26-29-48(46)52(49(45)35-44)43-19-10-5-11-20-43)38-24-22-37(23-25-38)39-30-32-50(2,33-31-39)41-15-6-3-7-16-41/h3-32,34-36,47H,33H2,1-2H3. The largest absolute Gasteiger partial charge is 0.334 e. The first kappa shape index (κ1) is 31.8. The van der Waals surface area contributed by atoms with Crippen LogP contribution in [0.25, 0.3) is 44.2 Å². The Kier molecular flexibility index (Phi) is 8.09. The van der Waals surface area contributed by atoms with E-state index in [1.807, 2.05) is 0 Å². The number of anilines is 2. The van der Waals surface area contributed by atoms with Gasteiger partial charge in [-0.1, -0.05) is 160 Å². The molecular formula is C50H42N2. The Hall–Kier alpha value is -6.12. The van der Waals surface area contributed by atoms with Crippen LogP contribution in [-0.2, 0) is 5.41 Å². The molecule has 6 aromatic carbocycles. The highest BCUT2D eigenvalue weighted by molar-refractivity contribution is 6.11. The van der Waals surface area contributed by atoms with Crippen LogP contribution in [0.15, 0.2) is 194 Å². The van der Waals surface area contributed by atoms with E-state index in [1.54, 1.807) is 0 Å². The lowest BCUT2D eigenvalue weighted by Crippen LogP contribution is -2.35. The van der Waals surface area contributed by atoms with E-state index in [1.165, 1.54) is 61.0 Å². The third-order valence-corrected chi connectivity index (χ3v) is 11.1. The van der Waals surface area contributed by atoms with Crippen LogP contribution >= 0.6 is 0 Å². The van der Waals surface area contributed by atoms with Crippen molar-refractivity contribution in [3.63, 3.8) is 0 Å². The molecule has 52 heavy (non-hydrogen) atoms. The fraction of sp³-hybridized carbons (Fsp3) is 0.120. The molecule has 0 amide bonds. The number of benzene rings is 6. The molecule has 0 fully saturated rings. The smallest absolute Gasteiger partial charge is 0.0585 e. The summed E-state index contributed by atoms with van der Waals surface area (Å²) in [6.45, 7) is 4.63. The normalized spacial score (nSPS) is 19.6. The molecule has 2 nitrogen and oxygen atoms in total. The highest BCUT2D eigenvalue weighted by Gasteiger charge is 2.26. The van der Waals surface area contributed by atoms with Gasteiger partial charge in [0.05, 0.1) is 17.1 Å². The van der Waals surface area contributed by atoms with Gasteiger partial charge in [-0.25, -0.2) is 0 Å². The molecule has 7 aromatic rings. The Balaban J connectivity index is 1.10. The molecule has 2 aliphatic carbocycles. The lowest BCUT2D eigenvalue weighted by molar-refractivity contribution is 0.601. The lowest BCUT2D eigenvalue weighted by atomic mass is 9.75. The van der Waals surface area contributed by atoms with E-state index in [9.17, 15) is 0 Å². The zero-order valence-corrected chi connectivity index (χ0v) is 29.7. The van der Waals surface area contributed by atoms with Gasteiger partial charge >= 0.3 is 0 Å². The van der Waals surface area contributed by atoms with Crippen molar-refractivity contribution in [2.45, 2.75) is 31.7 Å². The first-order valence-electron chi connectivity index (χ1n) is 18.4. The molecule has 3 unspecified atom stereocenters. The second-order valence-electron chi connectivity index (χ2n) is 14.5. The molecule has 0 saturated carbocycles. The maximum absolute atomic E-state index is 2.49. The molecule has 1 aromatic heterocycles. The highest BCUT2D eigenvalue weighted by atomic mass is 15.2. The van der Waals surface area contributed by atoms with E-state index in [4.69, 9.17) is 0 Å². The summed E-state index contributed by atoms with van der Waals surface area (Å²) in [5, 5.41) is 2.51. The van der Waals surface area contributed by atoms with E-state index in [0.717, 1.165) is 12.1 Å². The van der Waals surface area contributed by atoms with E-state index in [0.29, 0.717) is 5.92 Å². The van der Waals surface area contributed by atoms with Crippen LogP contribution < -0.4 is 4.90 Å². The molecule has 0 spiro atoms. The molecule has 0 N–H and O–H groups in total. The number of hydrogen-bond acceptors (Lipinski definition) is 1. The van der Waals surface area contributed by atoms with E-state index in [-0.39, 0.29) is 11.5 Å². The van der Waals surface area contributed by atoms with Crippen molar-refractivity contribution in [1.82, 2.24) is 4.57 Å². The quantitative estimate of drug-likeness (QED) is 0.164. The molecule has 2 heteroatoms. The molecule has 2 aliphatic rings. The maximum Gasteiger partial charge on any atom is 0.0585 e. The number of para-hydroxylation sites is 2. The number of allylic oxidation sites excluding steroid dienone is 6. The lowest BCUT2D eigenvalue weighted by Gasteiger charge is -2.36. The van der Waals surface area contributed by atoms with Crippen molar-refractivity contribution in [3.8, 4) is 16.8 Å². The van der Waals surface area contributed by atoms with Crippen molar-refractivity contribution in [2.75, 3.05) is 4.90 Å². The van der Waals surface area contributed by atoms with Crippen molar-refractivity contribution in [3.05, 3.63) is 205 Å². The van der Waals surface area contributed by atoms with Crippen molar-refractivity contribution in [1.29, 1.82) is 0 Å². The number of fused-ring (bicyclic) bond motifs is 3. The summed E-state index contributed by atoms with van der Waals surface area (Å²) in [6.07, 6.45) is 17.0. The number of hydrogen-bond donors (Lipinski definition) is 0. The van der Waals surface area contributed by atoms with Crippen LogP contribution in [0.4, 0.5) is 11.4 Å². The average molecular weight is 671 g/mol. The van der Waals surface area contributed by atoms with Gasteiger partial charge in [-0.2, -0.15) is 0 Å². The fourth-order valence-corrected chi connectivity index (χ4v) is 8.14. The summed E-state index contributed by atoms with van der Waals surface area (Å²) in [4.78, 5) is 2.49. The molecule has 0 aliphatic heterocycles. The third-order valence-electron chi connectivity index (χ3n) is 11.1. The molecule has 0 radical (unpaired) electrons. The van der Waals surface area contributed by atoms with Gasteiger partial charge < -0.3 is 9.47 Å². The van der Waals surface area contributed by atoms with Crippen molar-refractivity contribution >= 4 is 38.8 Å². The highest BCUT2D eigenvalue weighted by Crippen LogP contribution is 2.41. The SMILES string of the molecule is CC1C=CC=CC1N(c1ccccc1)c1ccc2c3cc(-c4ccc(C5=CCC(C)(c6ccccc6)C=C5)cc4)ccc3n(-c3ccccc3)c2c1. The first-order chi connectivity index (χ1) is 25.6. The summed E-state index contributed by atoms with van der Waals surface area (Å²) >= 11 is 0. The summed E-state index contributed by atoms with van der Waals surface area (Å²) in [5.41, 5.74) is 12.3. The third kappa shape index (κ3) is 5.71. The number of aromatic nitrogens is 1. The second-order valence-corrected chi connectivity index (χ2v) is 14.5. The van der Waals surface area contributed by atoms with Gasteiger partial charge in [0.15, 0.2) is 0 Å². The maximum atomic E-state index is 2.49. The molecule has 9 rings (SSSR count). The minimum atomic E-state index is 0.0301. The van der Waals surface area contributed by atoms with Crippen LogP contribution in [0.5, 0.6) is 0 Å². The van der Waals surface area contributed by atoms with Crippen LogP contribution in [0.1, 0.15) is 31.4 Å². The van der Waals surface area contributed by atoms with Gasteiger partial charge in [0.1, 0.15) is 0 Å². The minimum absolute atomic E-state index is 0.0301. The molecule has 252 valence electrons. The molecule has 1 heterocycles.